The lowest BCUT2D eigenvalue weighted by Crippen LogP contribution is -2.35. The number of aromatic hydroxyl groups is 1. The summed E-state index contributed by atoms with van der Waals surface area (Å²) >= 11 is 0. The molecule has 24 heavy (non-hydrogen) atoms. The van der Waals surface area contributed by atoms with Crippen molar-refractivity contribution in [3.05, 3.63) is 65.5 Å². The largest absolute Gasteiger partial charge is 0.505 e. The predicted molar refractivity (Wildman–Crippen MR) is 83.7 cm³/mol. The zero-order chi connectivity index (χ0) is 17.5. The summed E-state index contributed by atoms with van der Waals surface area (Å²) in [7, 11) is 0. The highest BCUT2D eigenvalue weighted by molar-refractivity contribution is 5.67. The molecule has 2 rings (SSSR count). The van der Waals surface area contributed by atoms with Gasteiger partial charge in [-0.1, -0.05) is 36.4 Å². The lowest BCUT2D eigenvalue weighted by atomic mass is 10.0. The minimum atomic E-state index is -1.40. The summed E-state index contributed by atoms with van der Waals surface area (Å²) in [5.41, 5.74) is 0.941. The van der Waals surface area contributed by atoms with Crippen molar-refractivity contribution < 1.29 is 29.2 Å². The monoisotopic (exact) mass is 335 g/mol. The fraction of sp³-hybridized carbons (Fsp3) is 0.235. The zero-order valence-corrected chi connectivity index (χ0v) is 12.7. The van der Waals surface area contributed by atoms with Crippen molar-refractivity contribution in [2.45, 2.75) is 18.8 Å². The number of carbonyl (C=O) groups is 1. The maximum absolute atomic E-state index is 13.0. The second-order valence-electron chi connectivity index (χ2n) is 5.17. The van der Waals surface area contributed by atoms with Crippen LogP contribution in [0, 0.1) is 5.82 Å². The minimum absolute atomic E-state index is 0.0805. The summed E-state index contributed by atoms with van der Waals surface area (Å²) in [5, 5.41) is 31.4. The minimum Gasteiger partial charge on any atom is -0.505 e. The number of hydrogen-bond donors (Lipinski definition) is 4. The summed E-state index contributed by atoms with van der Waals surface area (Å²) in [5.74, 6) is -1.46. The number of ether oxygens (including phenoxy) is 1. The van der Waals surface area contributed by atoms with E-state index in [1.54, 1.807) is 12.1 Å². The van der Waals surface area contributed by atoms with E-state index in [4.69, 9.17) is 4.74 Å². The standard InChI is InChI=1S/C17H18FNO5/c18-13-7-6-12(8-14(13)20)16(22)15(21)9-19-17(23)24-10-11-4-2-1-3-5-11/h1-8,15-16,20-22H,9-10H2,(H,19,23). The molecule has 0 radical (unpaired) electrons. The van der Waals surface area contributed by atoms with Gasteiger partial charge in [0, 0.05) is 6.54 Å². The molecular formula is C17H18FNO5. The van der Waals surface area contributed by atoms with E-state index in [9.17, 15) is 24.5 Å². The molecule has 0 aromatic heterocycles. The fourth-order valence-corrected chi connectivity index (χ4v) is 2.01. The van der Waals surface area contributed by atoms with E-state index in [2.05, 4.69) is 5.32 Å². The number of halogens is 1. The molecule has 0 fully saturated rings. The number of hydrogen-bond acceptors (Lipinski definition) is 5. The topological polar surface area (TPSA) is 99.0 Å². The molecule has 2 atom stereocenters. The number of aliphatic hydroxyl groups is 2. The van der Waals surface area contributed by atoms with Gasteiger partial charge in [0.1, 0.15) is 18.8 Å². The first-order valence-corrected chi connectivity index (χ1v) is 7.26. The Kier molecular flexibility index (Phi) is 6.11. The van der Waals surface area contributed by atoms with Crippen LogP contribution in [0.4, 0.5) is 9.18 Å². The molecule has 0 aliphatic carbocycles. The third-order valence-corrected chi connectivity index (χ3v) is 3.34. The average Bonchev–Trinajstić information content (AvgIpc) is 2.60. The Hall–Kier alpha value is -2.64. The Labute approximate surface area is 138 Å². The van der Waals surface area contributed by atoms with Crippen molar-refractivity contribution in [2.24, 2.45) is 0 Å². The zero-order valence-electron chi connectivity index (χ0n) is 12.7. The fourth-order valence-electron chi connectivity index (χ4n) is 2.01. The number of benzene rings is 2. The first kappa shape index (κ1) is 17.7. The highest BCUT2D eigenvalue weighted by Crippen LogP contribution is 2.23. The third-order valence-electron chi connectivity index (χ3n) is 3.34. The van der Waals surface area contributed by atoms with Gasteiger partial charge in [-0.2, -0.15) is 0 Å². The van der Waals surface area contributed by atoms with Gasteiger partial charge in [-0.25, -0.2) is 9.18 Å². The third kappa shape index (κ3) is 4.94. The molecule has 2 aromatic carbocycles. The molecule has 0 spiro atoms. The van der Waals surface area contributed by atoms with E-state index in [1.165, 1.54) is 6.07 Å². The number of carbonyl (C=O) groups excluding carboxylic acids is 1. The molecule has 0 heterocycles. The molecule has 1 amide bonds. The number of phenols is 1. The molecule has 0 bridgehead atoms. The first-order valence-electron chi connectivity index (χ1n) is 7.26. The number of alkyl carbamates (subject to hydrolysis) is 1. The van der Waals surface area contributed by atoms with Crippen LogP contribution in [0.25, 0.3) is 0 Å². The van der Waals surface area contributed by atoms with Crippen molar-refractivity contribution >= 4 is 6.09 Å². The highest BCUT2D eigenvalue weighted by Gasteiger charge is 2.20. The summed E-state index contributed by atoms with van der Waals surface area (Å²) in [6.45, 7) is -0.190. The quantitative estimate of drug-likeness (QED) is 0.646. The van der Waals surface area contributed by atoms with E-state index in [-0.39, 0.29) is 18.7 Å². The molecule has 128 valence electrons. The van der Waals surface area contributed by atoms with E-state index in [0.29, 0.717) is 0 Å². The van der Waals surface area contributed by atoms with Crippen LogP contribution in [0.2, 0.25) is 0 Å². The number of nitrogens with one attached hydrogen (secondary N) is 1. The van der Waals surface area contributed by atoms with Crippen LogP contribution >= 0.6 is 0 Å². The first-order chi connectivity index (χ1) is 11.5. The molecular weight excluding hydrogens is 317 g/mol. The van der Waals surface area contributed by atoms with Gasteiger partial charge < -0.3 is 25.4 Å². The molecule has 2 unspecified atom stereocenters. The van der Waals surface area contributed by atoms with Gasteiger partial charge in [-0.15, -0.1) is 0 Å². The van der Waals surface area contributed by atoms with Gasteiger partial charge in [0.25, 0.3) is 0 Å². The average molecular weight is 335 g/mol. The lowest BCUT2D eigenvalue weighted by molar-refractivity contribution is 0.0182. The maximum Gasteiger partial charge on any atom is 0.407 e. The van der Waals surface area contributed by atoms with Crippen LogP contribution in [-0.4, -0.2) is 34.1 Å². The smallest absolute Gasteiger partial charge is 0.407 e. The Bertz CT molecular complexity index is 680. The van der Waals surface area contributed by atoms with Crippen molar-refractivity contribution in [3.8, 4) is 5.75 Å². The Morgan fingerprint density at radius 2 is 1.88 bits per heavy atom. The van der Waals surface area contributed by atoms with Crippen LogP contribution in [0.1, 0.15) is 17.2 Å². The molecule has 0 saturated carbocycles. The molecule has 7 heteroatoms. The SMILES string of the molecule is O=C(NCC(O)C(O)c1ccc(F)c(O)c1)OCc1ccccc1. The predicted octanol–water partition coefficient (Wildman–Crippen LogP) is 1.85. The Morgan fingerprint density at radius 3 is 2.54 bits per heavy atom. The van der Waals surface area contributed by atoms with Crippen LogP contribution in [0.5, 0.6) is 5.75 Å². The molecule has 0 saturated heterocycles. The number of phenolic OH excluding ortho intramolecular Hbond substituents is 1. The van der Waals surface area contributed by atoms with E-state index >= 15 is 0 Å². The van der Waals surface area contributed by atoms with E-state index in [1.807, 2.05) is 18.2 Å². The maximum atomic E-state index is 13.0. The van der Waals surface area contributed by atoms with Gasteiger partial charge in [-0.05, 0) is 23.3 Å². The molecule has 4 N–H and O–H groups in total. The van der Waals surface area contributed by atoms with E-state index in [0.717, 1.165) is 17.7 Å². The molecule has 6 nitrogen and oxygen atoms in total. The normalized spacial score (nSPS) is 13.1. The van der Waals surface area contributed by atoms with Crippen molar-refractivity contribution in [3.63, 3.8) is 0 Å². The summed E-state index contributed by atoms with van der Waals surface area (Å²) in [4.78, 5) is 11.6. The van der Waals surface area contributed by atoms with Crippen LogP contribution in [0.3, 0.4) is 0 Å². The highest BCUT2D eigenvalue weighted by atomic mass is 19.1. The van der Waals surface area contributed by atoms with Gasteiger partial charge >= 0.3 is 6.09 Å². The second-order valence-corrected chi connectivity index (χ2v) is 5.17. The van der Waals surface area contributed by atoms with Gasteiger partial charge in [0.05, 0.1) is 0 Å². The Balaban J connectivity index is 1.80. The Morgan fingerprint density at radius 1 is 1.17 bits per heavy atom. The van der Waals surface area contributed by atoms with Crippen LogP contribution < -0.4 is 5.32 Å². The van der Waals surface area contributed by atoms with Gasteiger partial charge in [-0.3, -0.25) is 0 Å². The van der Waals surface area contributed by atoms with Crippen molar-refractivity contribution in [1.82, 2.24) is 5.32 Å². The van der Waals surface area contributed by atoms with Crippen molar-refractivity contribution in [1.29, 1.82) is 0 Å². The second kappa shape index (κ2) is 8.28. The summed E-state index contributed by atoms with van der Waals surface area (Å²) < 4.78 is 17.9. The van der Waals surface area contributed by atoms with Crippen LogP contribution in [-0.2, 0) is 11.3 Å². The van der Waals surface area contributed by atoms with E-state index < -0.39 is 29.9 Å². The lowest BCUT2D eigenvalue weighted by Gasteiger charge is -2.19. The summed E-state index contributed by atoms with van der Waals surface area (Å²) in [6.07, 6.45) is -3.49. The number of amides is 1. The number of aliphatic hydroxyl groups excluding tert-OH is 2. The molecule has 0 aliphatic heterocycles. The van der Waals surface area contributed by atoms with Crippen LogP contribution in [0.15, 0.2) is 48.5 Å². The summed E-state index contributed by atoms with van der Waals surface area (Å²) in [6, 6.07) is 12.3. The number of rotatable bonds is 6. The van der Waals surface area contributed by atoms with Crippen molar-refractivity contribution in [2.75, 3.05) is 6.54 Å². The molecule has 0 aliphatic rings. The van der Waals surface area contributed by atoms with Gasteiger partial charge in [0.2, 0.25) is 0 Å². The van der Waals surface area contributed by atoms with Gasteiger partial charge in [0.15, 0.2) is 11.6 Å². The molecule has 2 aromatic rings.